The molecule has 0 radical (unpaired) electrons. The largest absolute Gasteiger partial charge is 0.492 e. The summed E-state index contributed by atoms with van der Waals surface area (Å²) < 4.78 is 18.5. The molecule has 0 bridgehead atoms. The summed E-state index contributed by atoms with van der Waals surface area (Å²) in [4.78, 5) is 12.2. The summed E-state index contributed by atoms with van der Waals surface area (Å²) in [6, 6.07) is 4.13. The molecule has 5 heteroatoms. The van der Waals surface area contributed by atoms with Gasteiger partial charge in [-0.2, -0.15) is 0 Å². The Bertz CT molecular complexity index is 465. The van der Waals surface area contributed by atoms with Gasteiger partial charge in [-0.1, -0.05) is 6.92 Å². The molecule has 1 amide bonds. The molecule has 104 valence electrons. The highest BCUT2D eigenvalue weighted by Gasteiger charge is 2.29. The summed E-state index contributed by atoms with van der Waals surface area (Å²) in [7, 11) is 0. The van der Waals surface area contributed by atoms with Crippen molar-refractivity contribution < 1.29 is 13.9 Å². The number of carbonyl (C=O) groups is 1. The molecule has 0 aliphatic carbocycles. The Morgan fingerprint density at radius 1 is 1.53 bits per heavy atom. The number of rotatable bonds is 4. The van der Waals surface area contributed by atoms with Crippen molar-refractivity contribution in [3.05, 3.63) is 24.0 Å². The van der Waals surface area contributed by atoms with E-state index in [2.05, 4.69) is 10.6 Å². The smallest absolute Gasteiger partial charge is 0.229 e. The number of carbonyl (C=O) groups excluding carboxylic acids is 1. The lowest BCUT2D eigenvalue weighted by molar-refractivity contribution is -0.120. The third kappa shape index (κ3) is 3.23. The van der Waals surface area contributed by atoms with Crippen molar-refractivity contribution in [1.29, 1.82) is 0 Å². The van der Waals surface area contributed by atoms with Crippen LogP contribution in [0.1, 0.15) is 13.8 Å². The number of amides is 1. The van der Waals surface area contributed by atoms with E-state index in [0.717, 1.165) is 6.54 Å². The van der Waals surface area contributed by atoms with Gasteiger partial charge in [0, 0.05) is 12.6 Å². The zero-order valence-electron chi connectivity index (χ0n) is 11.2. The number of nitrogens with one attached hydrogen (secondary N) is 2. The monoisotopic (exact) mass is 266 g/mol. The number of benzene rings is 1. The average Bonchev–Trinajstić information content (AvgIpc) is 2.79. The minimum atomic E-state index is -0.377. The summed E-state index contributed by atoms with van der Waals surface area (Å²) in [6.07, 6.45) is 0. The minimum Gasteiger partial charge on any atom is -0.492 e. The Labute approximate surface area is 112 Å². The molecular weight excluding hydrogens is 247 g/mol. The maximum absolute atomic E-state index is 13.2. The zero-order chi connectivity index (χ0) is 13.8. The first-order valence-electron chi connectivity index (χ1n) is 6.55. The first-order chi connectivity index (χ1) is 9.11. The van der Waals surface area contributed by atoms with E-state index in [1.54, 1.807) is 0 Å². The zero-order valence-corrected chi connectivity index (χ0v) is 11.2. The van der Waals surface area contributed by atoms with E-state index in [1.165, 1.54) is 18.2 Å². The van der Waals surface area contributed by atoms with E-state index in [9.17, 15) is 9.18 Å². The normalized spacial score (nSPS) is 22.3. The summed E-state index contributed by atoms with van der Waals surface area (Å²) in [5.74, 6) is 0.187. The molecule has 4 nitrogen and oxygen atoms in total. The number of hydrogen-bond donors (Lipinski definition) is 2. The fraction of sp³-hybridized carbons (Fsp3) is 0.500. The SMILES string of the molecule is CCOc1cc(F)ccc1NC(=O)[C@@H]1CNC[C@H]1C. The van der Waals surface area contributed by atoms with Crippen LogP contribution in [0.2, 0.25) is 0 Å². The van der Waals surface area contributed by atoms with Crippen LogP contribution in [0.3, 0.4) is 0 Å². The van der Waals surface area contributed by atoms with Crippen molar-refractivity contribution in [2.45, 2.75) is 13.8 Å². The van der Waals surface area contributed by atoms with E-state index < -0.39 is 0 Å². The Morgan fingerprint density at radius 2 is 2.32 bits per heavy atom. The molecule has 0 spiro atoms. The van der Waals surface area contributed by atoms with Gasteiger partial charge in [-0.05, 0) is 31.5 Å². The maximum atomic E-state index is 13.2. The molecule has 2 N–H and O–H groups in total. The molecule has 19 heavy (non-hydrogen) atoms. The van der Waals surface area contributed by atoms with Gasteiger partial charge in [0.1, 0.15) is 11.6 Å². The topological polar surface area (TPSA) is 50.4 Å². The number of halogens is 1. The lowest BCUT2D eigenvalue weighted by atomic mass is 9.97. The van der Waals surface area contributed by atoms with Gasteiger partial charge in [-0.25, -0.2) is 4.39 Å². The molecule has 0 saturated carbocycles. The maximum Gasteiger partial charge on any atom is 0.229 e. The van der Waals surface area contributed by atoms with Gasteiger partial charge in [-0.15, -0.1) is 0 Å². The summed E-state index contributed by atoms with van der Waals surface area (Å²) in [6.45, 7) is 5.81. The molecule has 1 aromatic rings. The predicted octanol–water partition coefficient (Wildman–Crippen LogP) is 2.02. The standard InChI is InChI=1S/C14H19FN2O2/c1-3-19-13-6-10(15)4-5-12(13)17-14(18)11-8-16-7-9(11)2/h4-6,9,11,16H,3,7-8H2,1-2H3,(H,17,18)/t9-,11-/m1/s1. The van der Waals surface area contributed by atoms with E-state index in [-0.39, 0.29) is 17.6 Å². The minimum absolute atomic E-state index is 0.0509. The number of anilines is 1. The van der Waals surface area contributed by atoms with E-state index >= 15 is 0 Å². The van der Waals surface area contributed by atoms with Gasteiger partial charge < -0.3 is 15.4 Å². The lowest BCUT2D eigenvalue weighted by Gasteiger charge is -2.16. The molecule has 1 aromatic carbocycles. The molecule has 2 atom stereocenters. The third-order valence-electron chi connectivity index (χ3n) is 3.36. The van der Waals surface area contributed by atoms with Crippen LogP contribution in [-0.4, -0.2) is 25.6 Å². The van der Waals surface area contributed by atoms with Crippen LogP contribution < -0.4 is 15.4 Å². The van der Waals surface area contributed by atoms with Crippen molar-refractivity contribution in [1.82, 2.24) is 5.32 Å². The molecule has 0 unspecified atom stereocenters. The summed E-state index contributed by atoms with van der Waals surface area (Å²) >= 11 is 0. The van der Waals surface area contributed by atoms with Crippen LogP contribution in [0.5, 0.6) is 5.75 Å². The second-order valence-corrected chi connectivity index (χ2v) is 4.80. The quantitative estimate of drug-likeness (QED) is 0.876. The predicted molar refractivity (Wildman–Crippen MR) is 71.7 cm³/mol. The average molecular weight is 266 g/mol. The highest BCUT2D eigenvalue weighted by atomic mass is 19.1. The molecule has 1 saturated heterocycles. The lowest BCUT2D eigenvalue weighted by Crippen LogP contribution is -2.28. The Hall–Kier alpha value is -1.62. The highest BCUT2D eigenvalue weighted by molar-refractivity contribution is 5.94. The Balaban J connectivity index is 2.11. The van der Waals surface area contributed by atoms with Gasteiger partial charge in [0.2, 0.25) is 5.91 Å². The molecule has 1 aliphatic heterocycles. The highest BCUT2D eigenvalue weighted by Crippen LogP contribution is 2.27. The van der Waals surface area contributed by atoms with E-state index in [0.29, 0.717) is 30.5 Å². The molecule has 1 fully saturated rings. The van der Waals surface area contributed by atoms with Crippen molar-refractivity contribution >= 4 is 11.6 Å². The molecule has 1 aliphatic rings. The van der Waals surface area contributed by atoms with Crippen molar-refractivity contribution in [2.75, 3.05) is 25.0 Å². The number of hydrogen-bond acceptors (Lipinski definition) is 3. The van der Waals surface area contributed by atoms with Crippen LogP contribution in [0.25, 0.3) is 0 Å². The van der Waals surface area contributed by atoms with E-state index in [4.69, 9.17) is 4.74 Å². The van der Waals surface area contributed by atoms with Crippen molar-refractivity contribution in [3.63, 3.8) is 0 Å². The molecule has 2 rings (SSSR count). The fourth-order valence-corrected chi connectivity index (χ4v) is 2.26. The summed E-state index contributed by atoms with van der Waals surface area (Å²) in [5, 5.41) is 6.01. The van der Waals surface area contributed by atoms with Crippen molar-refractivity contribution in [2.24, 2.45) is 11.8 Å². The van der Waals surface area contributed by atoms with Gasteiger partial charge in [-0.3, -0.25) is 4.79 Å². The third-order valence-corrected chi connectivity index (χ3v) is 3.36. The second-order valence-electron chi connectivity index (χ2n) is 4.80. The second kappa shape index (κ2) is 6.02. The van der Waals surface area contributed by atoms with Crippen molar-refractivity contribution in [3.8, 4) is 5.75 Å². The van der Waals surface area contributed by atoms with Gasteiger partial charge in [0.25, 0.3) is 0 Å². The van der Waals surface area contributed by atoms with Gasteiger partial charge in [0.05, 0.1) is 18.2 Å². The van der Waals surface area contributed by atoms with Crippen LogP contribution in [-0.2, 0) is 4.79 Å². The number of ether oxygens (including phenoxy) is 1. The Morgan fingerprint density at radius 3 is 2.95 bits per heavy atom. The van der Waals surface area contributed by atoms with Crippen LogP contribution in [0, 0.1) is 17.7 Å². The fourth-order valence-electron chi connectivity index (χ4n) is 2.26. The first-order valence-corrected chi connectivity index (χ1v) is 6.55. The van der Waals surface area contributed by atoms with Crippen LogP contribution in [0.4, 0.5) is 10.1 Å². The summed E-state index contributed by atoms with van der Waals surface area (Å²) in [5.41, 5.74) is 0.521. The Kier molecular flexibility index (Phi) is 4.37. The first kappa shape index (κ1) is 13.8. The van der Waals surface area contributed by atoms with Crippen LogP contribution >= 0.6 is 0 Å². The molecular formula is C14H19FN2O2. The van der Waals surface area contributed by atoms with Gasteiger partial charge in [0.15, 0.2) is 0 Å². The van der Waals surface area contributed by atoms with Gasteiger partial charge >= 0.3 is 0 Å². The molecule has 0 aromatic heterocycles. The van der Waals surface area contributed by atoms with Crippen LogP contribution in [0.15, 0.2) is 18.2 Å². The molecule has 1 heterocycles. The van der Waals surface area contributed by atoms with E-state index in [1.807, 2.05) is 13.8 Å².